The van der Waals surface area contributed by atoms with Crippen molar-refractivity contribution in [2.75, 3.05) is 19.6 Å². The van der Waals surface area contributed by atoms with Crippen molar-refractivity contribution < 1.29 is 0 Å². The summed E-state index contributed by atoms with van der Waals surface area (Å²) in [5.74, 6) is 0.888. The summed E-state index contributed by atoms with van der Waals surface area (Å²) >= 11 is 1.55. The van der Waals surface area contributed by atoms with Gasteiger partial charge in [0.25, 0.3) is 0 Å². The van der Waals surface area contributed by atoms with Gasteiger partial charge in [0.2, 0.25) is 0 Å². The third-order valence-corrected chi connectivity index (χ3v) is 4.58. The fourth-order valence-corrected chi connectivity index (χ4v) is 3.05. The first-order chi connectivity index (χ1) is 8.19. The highest BCUT2D eigenvalue weighted by Gasteiger charge is 2.16. The predicted molar refractivity (Wildman–Crippen MR) is 70.1 cm³/mol. The molecule has 0 atom stereocenters. The Morgan fingerprint density at radius 1 is 1.47 bits per heavy atom. The first-order valence-corrected chi connectivity index (χ1v) is 7.09. The van der Waals surface area contributed by atoms with E-state index < -0.39 is 0 Å². The van der Waals surface area contributed by atoms with E-state index in [2.05, 4.69) is 22.9 Å². The lowest BCUT2D eigenvalue weighted by Gasteiger charge is -2.29. The summed E-state index contributed by atoms with van der Waals surface area (Å²) in [5, 5.41) is 10.00. The quantitative estimate of drug-likeness (QED) is 0.826. The molecule has 1 fully saturated rings. The fourth-order valence-electron chi connectivity index (χ4n) is 2.20. The molecule has 92 valence electrons. The van der Waals surface area contributed by atoms with Gasteiger partial charge in [-0.15, -0.1) is 11.3 Å². The van der Waals surface area contributed by atoms with Gasteiger partial charge in [0.15, 0.2) is 0 Å². The minimum atomic E-state index is 0.771. The second-order valence-electron chi connectivity index (χ2n) is 4.91. The average Bonchev–Trinajstić information content (AvgIpc) is 2.69. The van der Waals surface area contributed by atoms with E-state index in [4.69, 9.17) is 5.26 Å². The molecule has 0 aromatic carbocycles. The lowest BCUT2D eigenvalue weighted by Crippen LogP contribution is -2.34. The van der Waals surface area contributed by atoms with Gasteiger partial charge in [0.1, 0.15) is 10.9 Å². The van der Waals surface area contributed by atoms with Gasteiger partial charge in [-0.2, -0.15) is 5.26 Å². The van der Waals surface area contributed by atoms with Gasteiger partial charge in [-0.3, -0.25) is 0 Å². The molecule has 17 heavy (non-hydrogen) atoms. The summed E-state index contributed by atoms with van der Waals surface area (Å²) in [4.78, 5) is 7.74. The van der Waals surface area contributed by atoms with Crippen LogP contribution in [-0.2, 0) is 6.42 Å². The summed E-state index contributed by atoms with van der Waals surface area (Å²) in [6, 6.07) is 2.20. The van der Waals surface area contributed by atoms with Crippen LogP contribution in [0.5, 0.6) is 0 Å². The smallest absolute Gasteiger partial charge is 0.127 e. The largest absolute Gasteiger partial charge is 0.303 e. The van der Waals surface area contributed by atoms with Crippen LogP contribution in [0.1, 0.15) is 35.3 Å². The lowest BCUT2D eigenvalue weighted by molar-refractivity contribution is 0.194. The predicted octanol–water partition coefficient (Wildman–Crippen LogP) is 2.60. The number of hydrogen-bond acceptors (Lipinski definition) is 4. The monoisotopic (exact) mass is 249 g/mol. The Morgan fingerprint density at radius 3 is 2.76 bits per heavy atom. The van der Waals surface area contributed by atoms with E-state index in [0.717, 1.165) is 34.5 Å². The molecule has 1 saturated heterocycles. The summed E-state index contributed by atoms with van der Waals surface area (Å²) < 4.78 is 0. The van der Waals surface area contributed by atoms with E-state index in [0.29, 0.717) is 0 Å². The van der Waals surface area contributed by atoms with Crippen LogP contribution in [0.15, 0.2) is 0 Å². The van der Waals surface area contributed by atoms with Crippen molar-refractivity contribution in [2.45, 2.75) is 33.1 Å². The van der Waals surface area contributed by atoms with Crippen molar-refractivity contribution in [3.05, 3.63) is 15.6 Å². The van der Waals surface area contributed by atoms with Crippen molar-refractivity contribution in [1.82, 2.24) is 9.88 Å². The fraction of sp³-hybridized carbons (Fsp3) is 0.692. The Bertz CT molecular complexity index is 411. The number of rotatable bonds is 3. The van der Waals surface area contributed by atoms with Crippen LogP contribution in [0.2, 0.25) is 0 Å². The number of aryl methyl sites for hydroxylation is 1. The highest BCUT2D eigenvalue weighted by Crippen LogP contribution is 2.19. The van der Waals surface area contributed by atoms with Gasteiger partial charge in [-0.1, -0.05) is 6.92 Å². The SMILES string of the molecule is Cc1nc(CCN2CCC(C)CC2)sc1C#N. The molecule has 0 amide bonds. The summed E-state index contributed by atoms with van der Waals surface area (Å²) in [6.07, 6.45) is 3.63. The number of likely N-dealkylation sites (tertiary alicyclic amines) is 1. The molecule has 1 aromatic heterocycles. The van der Waals surface area contributed by atoms with Gasteiger partial charge in [0.05, 0.1) is 10.7 Å². The van der Waals surface area contributed by atoms with Crippen LogP contribution in [0.4, 0.5) is 0 Å². The number of hydrogen-bond donors (Lipinski definition) is 0. The Labute approximate surface area is 107 Å². The zero-order valence-electron chi connectivity index (χ0n) is 10.6. The summed E-state index contributed by atoms with van der Waals surface area (Å²) in [6.45, 7) is 7.78. The maximum Gasteiger partial charge on any atom is 0.127 e. The highest BCUT2D eigenvalue weighted by atomic mass is 32.1. The van der Waals surface area contributed by atoms with Crippen molar-refractivity contribution in [3.8, 4) is 6.07 Å². The molecule has 0 spiro atoms. The van der Waals surface area contributed by atoms with E-state index in [1.807, 2.05) is 6.92 Å². The molecule has 0 aliphatic carbocycles. The van der Waals surface area contributed by atoms with E-state index in [-0.39, 0.29) is 0 Å². The number of thiazole rings is 1. The van der Waals surface area contributed by atoms with Gasteiger partial charge in [0, 0.05) is 13.0 Å². The molecule has 3 nitrogen and oxygen atoms in total. The second-order valence-corrected chi connectivity index (χ2v) is 5.99. The van der Waals surface area contributed by atoms with Crippen LogP contribution in [-0.4, -0.2) is 29.5 Å². The molecule has 2 heterocycles. The van der Waals surface area contributed by atoms with Crippen LogP contribution in [0.25, 0.3) is 0 Å². The third-order valence-electron chi connectivity index (χ3n) is 3.46. The molecule has 1 aliphatic heterocycles. The molecule has 0 unspecified atom stereocenters. The number of piperidine rings is 1. The van der Waals surface area contributed by atoms with Crippen molar-refractivity contribution in [2.24, 2.45) is 5.92 Å². The number of aromatic nitrogens is 1. The first kappa shape index (κ1) is 12.5. The van der Waals surface area contributed by atoms with Crippen LogP contribution < -0.4 is 0 Å². The minimum absolute atomic E-state index is 0.771. The standard InChI is InChI=1S/C13H19N3S/c1-10-3-6-16(7-4-10)8-5-13-15-11(2)12(9-14)17-13/h10H,3-8H2,1-2H3. The van der Waals surface area contributed by atoms with Crippen LogP contribution in [0, 0.1) is 24.2 Å². The number of nitriles is 1. The van der Waals surface area contributed by atoms with E-state index in [9.17, 15) is 0 Å². The van der Waals surface area contributed by atoms with Crippen molar-refractivity contribution in [3.63, 3.8) is 0 Å². The number of nitrogens with zero attached hydrogens (tertiary/aromatic N) is 3. The molecular weight excluding hydrogens is 230 g/mol. The Morgan fingerprint density at radius 2 is 2.18 bits per heavy atom. The van der Waals surface area contributed by atoms with Gasteiger partial charge in [-0.05, 0) is 38.8 Å². The average molecular weight is 249 g/mol. The Balaban J connectivity index is 1.83. The molecule has 0 radical (unpaired) electrons. The molecule has 0 saturated carbocycles. The Kier molecular flexibility index (Phi) is 4.14. The van der Waals surface area contributed by atoms with Gasteiger partial charge in [-0.25, -0.2) is 4.98 Å². The molecule has 1 aliphatic rings. The lowest BCUT2D eigenvalue weighted by atomic mass is 9.99. The van der Waals surface area contributed by atoms with E-state index >= 15 is 0 Å². The zero-order chi connectivity index (χ0) is 12.3. The Hall–Kier alpha value is -0.920. The van der Waals surface area contributed by atoms with Crippen LogP contribution >= 0.6 is 11.3 Å². The summed E-state index contributed by atoms with van der Waals surface area (Å²) in [5.41, 5.74) is 0.889. The molecule has 0 N–H and O–H groups in total. The summed E-state index contributed by atoms with van der Waals surface area (Å²) in [7, 11) is 0. The van der Waals surface area contributed by atoms with Gasteiger partial charge >= 0.3 is 0 Å². The zero-order valence-corrected chi connectivity index (χ0v) is 11.4. The molecule has 2 rings (SSSR count). The first-order valence-electron chi connectivity index (χ1n) is 6.28. The van der Waals surface area contributed by atoms with E-state index in [1.54, 1.807) is 11.3 Å². The molecular formula is C13H19N3S. The normalized spacial score (nSPS) is 18.2. The minimum Gasteiger partial charge on any atom is -0.303 e. The second kappa shape index (κ2) is 5.61. The highest BCUT2D eigenvalue weighted by molar-refractivity contribution is 7.12. The maximum atomic E-state index is 8.89. The van der Waals surface area contributed by atoms with Crippen LogP contribution in [0.3, 0.4) is 0 Å². The topological polar surface area (TPSA) is 39.9 Å². The maximum absolute atomic E-state index is 8.89. The molecule has 4 heteroatoms. The van der Waals surface area contributed by atoms with E-state index in [1.165, 1.54) is 25.9 Å². The molecule has 0 bridgehead atoms. The third kappa shape index (κ3) is 3.27. The molecule has 1 aromatic rings. The van der Waals surface area contributed by atoms with Crippen molar-refractivity contribution >= 4 is 11.3 Å². The van der Waals surface area contributed by atoms with Crippen molar-refractivity contribution in [1.29, 1.82) is 5.26 Å². The van der Waals surface area contributed by atoms with Gasteiger partial charge < -0.3 is 4.90 Å².